The van der Waals surface area contributed by atoms with Crippen LogP contribution in [0.1, 0.15) is 63.9 Å². The van der Waals surface area contributed by atoms with Crippen molar-refractivity contribution in [3.05, 3.63) is 202 Å². The number of anilines is 2. The Morgan fingerprint density at radius 2 is 0.649 bits per heavy atom. The molecule has 3 aliphatic heterocycles. The third-order valence-electron chi connectivity index (χ3n) is 16.0. The van der Waals surface area contributed by atoms with Crippen molar-refractivity contribution in [2.75, 3.05) is 36.0 Å². The minimum absolute atomic E-state index is 0.189. The van der Waals surface area contributed by atoms with Crippen molar-refractivity contribution in [2.24, 2.45) is 23.7 Å². The predicted molar refractivity (Wildman–Crippen MR) is 275 cm³/mol. The Morgan fingerprint density at radius 1 is 0.338 bits per heavy atom. The fraction of sp³-hybridized carbons (Fsp3) is 0.200. The maximum absolute atomic E-state index is 14.1. The molecule has 2 aliphatic carbocycles. The first-order valence-corrected chi connectivity index (χ1v) is 25.0. The summed E-state index contributed by atoms with van der Waals surface area (Å²) in [6, 6.07) is 46.2. The van der Waals surface area contributed by atoms with Gasteiger partial charge >= 0.3 is 0 Å². The van der Waals surface area contributed by atoms with Crippen molar-refractivity contribution < 1.29 is 38.4 Å². The predicted octanol–water partition coefficient (Wildman–Crippen LogP) is 7.38. The quantitative estimate of drug-likeness (QED) is 0.156. The summed E-state index contributed by atoms with van der Waals surface area (Å²) in [7, 11) is 0. The first-order valence-electron chi connectivity index (χ1n) is 25.0. The fourth-order valence-corrected chi connectivity index (χ4v) is 12.3. The highest BCUT2D eigenvalue weighted by Crippen LogP contribution is 2.45. The first kappa shape index (κ1) is 44.9. The molecule has 6 aromatic carbocycles. The molecule has 74 heavy (non-hydrogen) atoms. The number of imide groups is 2. The number of piperazine rings is 1. The number of carbonyl (C=O) groups excluding carboxylic acids is 8. The average molecular weight is 979 g/mol. The summed E-state index contributed by atoms with van der Waals surface area (Å²) in [4.78, 5) is 118. The molecule has 6 amide bonds. The van der Waals surface area contributed by atoms with Crippen molar-refractivity contribution in [1.29, 1.82) is 0 Å². The van der Waals surface area contributed by atoms with Crippen LogP contribution in [0.5, 0.6) is 0 Å². The minimum atomic E-state index is -0.645. The van der Waals surface area contributed by atoms with Crippen LogP contribution in [0.25, 0.3) is 21.8 Å². The van der Waals surface area contributed by atoms with Gasteiger partial charge in [0, 0.05) is 83.4 Å². The van der Waals surface area contributed by atoms with Gasteiger partial charge in [-0.15, -0.1) is 0 Å². The van der Waals surface area contributed by atoms with Crippen molar-refractivity contribution >= 4 is 80.4 Å². The number of benzene rings is 6. The molecule has 5 aliphatic rings. The van der Waals surface area contributed by atoms with E-state index >= 15 is 0 Å². The van der Waals surface area contributed by atoms with Crippen molar-refractivity contribution in [1.82, 2.24) is 18.9 Å². The lowest BCUT2D eigenvalue weighted by atomic mass is 9.79. The molecule has 0 radical (unpaired) electrons. The van der Waals surface area contributed by atoms with E-state index in [9.17, 15) is 38.4 Å². The lowest BCUT2D eigenvalue weighted by molar-refractivity contribution is -0.124. The van der Waals surface area contributed by atoms with E-state index in [0.717, 1.165) is 44.3 Å². The Kier molecular flexibility index (Phi) is 10.5. The van der Waals surface area contributed by atoms with Crippen LogP contribution in [0, 0.1) is 23.7 Å². The number of hydrogen-bond acceptors (Lipinski definition) is 8. The number of hydrogen-bond donors (Lipinski definition) is 0. The second-order valence-electron chi connectivity index (χ2n) is 19.8. The SMILES string of the molecule is O=C(c1ccc(N2C(=O)C3Cc4c(n(C(=O)c5ccccc5)c5ccccc45)CC3C2=O)cc1)N1CCN(C(=O)c2ccc(N3C(=O)[C@H]4Cc5c(c6ccccc6n5C(=O)c5ccccc5)C[C@H]4C3=O)cc2)CC1. The topological polar surface area (TPSA) is 159 Å². The van der Waals surface area contributed by atoms with E-state index < -0.39 is 23.7 Å². The van der Waals surface area contributed by atoms with Crippen LogP contribution in [0.3, 0.4) is 0 Å². The van der Waals surface area contributed by atoms with Gasteiger partial charge in [-0.05, 0) is 109 Å². The average Bonchev–Trinajstić information content (AvgIpc) is 4.12. The van der Waals surface area contributed by atoms with E-state index in [1.165, 1.54) is 9.80 Å². The molecule has 0 spiro atoms. The highest BCUT2D eigenvalue weighted by Gasteiger charge is 2.53. The van der Waals surface area contributed by atoms with Gasteiger partial charge in [0.1, 0.15) is 0 Å². The van der Waals surface area contributed by atoms with E-state index in [-0.39, 0.29) is 86.3 Å². The Hall–Kier alpha value is -9.04. The van der Waals surface area contributed by atoms with E-state index in [1.807, 2.05) is 84.9 Å². The monoisotopic (exact) mass is 978 g/mol. The van der Waals surface area contributed by atoms with Gasteiger partial charge in [0.15, 0.2) is 0 Å². The Balaban J connectivity index is 0.650. The summed E-state index contributed by atoms with van der Waals surface area (Å²) in [6.07, 6.45) is 1.13. The first-order chi connectivity index (χ1) is 36.0. The maximum Gasteiger partial charge on any atom is 0.262 e. The van der Waals surface area contributed by atoms with Crippen LogP contribution < -0.4 is 9.80 Å². The van der Waals surface area contributed by atoms with E-state index in [4.69, 9.17) is 0 Å². The summed E-state index contributed by atoms with van der Waals surface area (Å²) in [5, 5.41) is 1.78. The van der Waals surface area contributed by atoms with Crippen LogP contribution in [0.15, 0.2) is 158 Å². The van der Waals surface area contributed by atoms with Crippen LogP contribution in [0.2, 0.25) is 0 Å². The summed E-state index contributed by atoms with van der Waals surface area (Å²) in [5.74, 6) is -4.62. The standard InChI is InChI=1S/C60H46N6O8/c67-53(37-19-23-39(24-20-37)63-57(71)45-31-43-41-15-7-9-17-49(41)65(51(43)33-47(45)59(63)73)55(69)35-11-3-1-4-12-35)61-27-29-62(30-28-61)54(68)38-21-25-40(26-22-38)64-58(72)46-32-44-42-16-8-10-18-50(42)66(52(44)34-48(46)60(64)74)56(70)36-13-5-2-6-14-36/h1-26,45-48H,27-34H2/t45-,46?,47+,48?/m1/s1. The van der Waals surface area contributed by atoms with Gasteiger partial charge in [-0.1, -0.05) is 72.8 Å². The molecule has 2 unspecified atom stereocenters. The Morgan fingerprint density at radius 3 is 1.01 bits per heavy atom. The molecule has 14 heteroatoms. The van der Waals surface area contributed by atoms with Crippen LogP contribution in [0.4, 0.5) is 11.4 Å². The second kappa shape index (κ2) is 17.3. The van der Waals surface area contributed by atoms with Crippen LogP contribution in [-0.4, -0.2) is 92.4 Å². The fourth-order valence-electron chi connectivity index (χ4n) is 12.3. The molecule has 0 N–H and O–H groups in total. The molecule has 5 heterocycles. The molecular formula is C60H46N6O8. The molecule has 0 bridgehead atoms. The van der Waals surface area contributed by atoms with Crippen molar-refractivity contribution in [3.8, 4) is 0 Å². The molecule has 14 nitrogen and oxygen atoms in total. The van der Waals surface area contributed by atoms with Gasteiger partial charge in [0.05, 0.1) is 46.1 Å². The number of rotatable bonds is 6. The molecule has 4 atom stereocenters. The zero-order valence-corrected chi connectivity index (χ0v) is 39.9. The van der Waals surface area contributed by atoms with Crippen LogP contribution >= 0.6 is 0 Å². The summed E-state index contributed by atoms with van der Waals surface area (Å²) in [5.41, 5.74) is 7.35. The summed E-state index contributed by atoms with van der Waals surface area (Å²) < 4.78 is 3.40. The summed E-state index contributed by atoms with van der Waals surface area (Å²) in [6.45, 7) is 1.10. The van der Waals surface area contributed by atoms with Gasteiger partial charge in [-0.25, -0.2) is 0 Å². The molecular weight excluding hydrogens is 933 g/mol. The van der Waals surface area contributed by atoms with E-state index in [1.54, 1.807) is 91.7 Å². The zero-order chi connectivity index (χ0) is 50.5. The molecule has 0 saturated carbocycles. The van der Waals surface area contributed by atoms with Gasteiger partial charge < -0.3 is 9.80 Å². The van der Waals surface area contributed by atoms with Crippen molar-refractivity contribution in [2.45, 2.75) is 25.7 Å². The Bertz CT molecular complexity index is 3480. The highest BCUT2D eigenvalue weighted by molar-refractivity contribution is 6.24. The maximum atomic E-state index is 14.1. The van der Waals surface area contributed by atoms with Gasteiger partial charge in [-0.2, -0.15) is 0 Å². The lowest BCUT2D eigenvalue weighted by Gasteiger charge is -2.35. The molecule has 3 saturated heterocycles. The molecule has 13 rings (SSSR count). The molecule has 8 aromatic rings. The van der Waals surface area contributed by atoms with E-state index in [0.29, 0.717) is 46.5 Å². The molecule has 364 valence electrons. The number of fused-ring (bicyclic) bond motifs is 8. The molecule has 2 aromatic heterocycles. The van der Waals surface area contributed by atoms with E-state index in [2.05, 4.69) is 0 Å². The van der Waals surface area contributed by atoms with Gasteiger partial charge in [-0.3, -0.25) is 57.3 Å². The third-order valence-corrected chi connectivity index (χ3v) is 16.0. The Labute approximate surface area is 424 Å². The van der Waals surface area contributed by atoms with Crippen LogP contribution in [-0.2, 0) is 44.9 Å². The minimum Gasteiger partial charge on any atom is -0.335 e. The smallest absolute Gasteiger partial charge is 0.262 e. The van der Waals surface area contributed by atoms with Gasteiger partial charge in [0.25, 0.3) is 23.6 Å². The summed E-state index contributed by atoms with van der Waals surface area (Å²) >= 11 is 0. The highest BCUT2D eigenvalue weighted by atomic mass is 16.2. The zero-order valence-electron chi connectivity index (χ0n) is 39.9. The number of para-hydroxylation sites is 2. The largest absolute Gasteiger partial charge is 0.335 e. The number of nitrogens with zero attached hydrogens (tertiary/aromatic N) is 6. The van der Waals surface area contributed by atoms with Crippen molar-refractivity contribution in [3.63, 3.8) is 0 Å². The van der Waals surface area contributed by atoms with Gasteiger partial charge in [0.2, 0.25) is 23.6 Å². The second-order valence-corrected chi connectivity index (χ2v) is 19.8. The third kappa shape index (κ3) is 6.91. The lowest BCUT2D eigenvalue weighted by Crippen LogP contribution is -2.50. The normalized spacial score (nSPS) is 20.2. The number of aromatic nitrogens is 2. The number of carbonyl (C=O) groups is 8. The molecule has 3 fully saturated rings. The number of amides is 6.